The van der Waals surface area contributed by atoms with Crippen LogP contribution < -0.4 is 31.8 Å². The molecule has 0 amide bonds. The molecule has 2 aromatic carbocycles. The fourth-order valence-electron chi connectivity index (χ4n) is 4.18. The van der Waals surface area contributed by atoms with E-state index in [2.05, 4.69) is 17.6 Å². The Labute approximate surface area is 217 Å². The van der Waals surface area contributed by atoms with Crippen LogP contribution in [0.1, 0.15) is 84.0 Å². The molecule has 0 bridgehead atoms. The second-order valence-electron chi connectivity index (χ2n) is 8.96. The van der Waals surface area contributed by atoms with Crippen molar-refractivity contribution in [3.05, 3.63) is 36.4 Å². The van der Waals surface area contributed by atoms with Crippen LogP contribution in [0, 0.1) is 0 Å². The molecule has 0 atom stereocenters. The van der Waals surface area contributed by atoms with Crippen molar-refractivity contribution in [2.24, 2.45) is 0 Å². The molecule has 0 aliphatic carbocycles. The molecule has 34 heavy (non-hydrogen) atoms. The van der Waals surface area contributed by atoms with Crippen LogP contribution in [-0.4, -0.2) is 35.0 Å². The van der Waals surface area contributed by atoms with E-state index in [0.717, 1.165) is 28.7 Å². The van der Waals surface area contributed by atoms with Crippen molar-refractivity contribution in [1.82, 2.24) is 5.32 Å². The van der Waals surface area contributed by atoms with Gasteiger partial charge >= 0.3 is 205 Å². The molecule has 0 aromatic heterocycles. The van der Waals surface area contributed by atoms with Crippen molar-refractivity contribution in [2.75, 3.05) is 27.4 Å². The van der Waals surface area contributed by atoms with E-state index in [1.54, 1.807) is 12.1 Å². The van der Waals surface area contributed by atoms with Crippen LogP contribution in [-0.2, 0) is 10.1 Å². The first-order chi connectivity index (χ1) is 16.5. The fourth-order valence-corrected chi connectivity index (χ4v) is 7.11. The zero-order valence-corrected chi connectivity index (χ0v) is 23.8. The molecule has 0 fully saturated rings. The van der Waals surface area contributed by atoms with Crippen molar-refractivity contribution in [3.8, 4) is 0 Å². The molecule has 0 radical (unpaired) electrons. The molecule has 0 saturated heterocycles. The average Bonchev–Trinajstić information content (AvgIpc) is 2.82. The number of anilines is 1. The van der Waals surface area contributed by atoms with E-state index in [1.165, 1.54) is 87.5 Å². The summed E-state index contributed by atoms with van der Waals surface area (Å²) in [5, 5.41) is 8.27. The van der Waals surface area contributed by atoms with E-state index in [-0.39, 0.29) is 26.1 Å². The number of fused-ring (bicyclic) bond motifs is 1. The van der Waals surface area contributed by atoms with Gasteiger partial charge in [0.25, 0.3) is 0 Å². The standard InChI is InChI=1S/C27H44IN2O3S/c1-2-3-4-5-6-7-8-9-10-11-12-13-20-28-23-29-21-22-30-26-18-14-17-25-24(26)16-15-19-27(25)34(31,32)33/h14-19,29-30H,2-13,20-23H2,1H3,(H,31,32,33)/q-1. The summed E-state index contributed by atoms with van der Waals surface area (Å²) < 4.78 is 35.2. The zero-order valence-electron chi connectivity index (χ0n) is 20.8. The van der Waals surface area contributed by atoms with Crippen molar-refractivity contribution < 1.29 is 34.2 Å². The molecule has 0 heterocycles. The predicted octanol–water partition coefficient (Wildman–Crippen LogP) is 3.84. The summed E-state index contributed by atoms with van der Waals surface area (Å²) in [5.74, 6) is 0. The van der Waals surface area contributed by atoms with E-state index in [4.69, 9.17) is 0 Å². The first-order valence-electron chi connectivity index (χ1n) is 13.0. The normalized spacial score (nSPS) is 11.9. The molecule has 0 spiro atoms. The van der Waals surface area contributed by atoms with E-state index in [0.29, 0.717) is 5.39 Å². The van der Waals surface area contributed by atoms with Gasteiger partial charge in [0, 0.05) is 0 Å². The molecule has 0 aliphatic rings. The third-order valence-electron chi connectivity index (χ3n) is 6.09. The number of rotatable bonds is 20. The average molecular weight is 604 g/mol. The third-order valence-corrected chi connectivity index (χ3v) is 9.60. The van der Waals surface area contributed by atoms with Crippen molar-refractivity contribution in [2.45, 2.75) is 88.9 Å². The SMILES string of the molecule is CCCCCCCCCCCCCC[I-]CNCCNc1cccc2c(S(=O)(=O)O)cccc12. The summed E-state index contributed by atoms with van der Waals surface area (Å²) in [7, 11) is -4.24. The van der Waals surface area contributed by atoms with Crippen LogP contribution >= 0.6 is 0 Å². The maximum atomic E-state index is 11.6. The van der Waals surface area contributed by atoms with Crippen LogP contribution in [0.5, 0.6) is 0 Å². The van der Waals surface area contributed by atoms with Crippen LogP contribution in [0.25, 0.3) is 10.8 Å². The van der Waals surface area contributed by atoms with Gasteiger partial charge in [-0.3, -0.25) is 0 Å². The number of halogens is 1. The number of hydrogen-bond acceptors (Lipinski definition) is 4. The van der Waals surface area contributed by atoms with Crippen molar-refractivity contribution >= 4 is 26.6 Å². The Balaban J connectivity index is 1.47. The quantitative estimate of drug-likeness (QED) is 0.0706. The van der Waals surface area contributed by atoms with E-state index in [9.17, 15) is 13.0 Å². The van der Waals surface area contributed by atoms with Gasteiger partial charge in [-0.1, -0.05) is 13.3 Å². The maximum absolute atomic E-state index is 11.6. The molecular formula is C27H44IN2O3S-. The van der Waals surface area contributed by atoms with Crippen LogP contribution in [0.3, 0.4) is 0 Å². The number of alkyl halides is 2. The van der Waals surface area contributed by atoms with Gasteiger partial charge in [0.1, 0.15) is 0 Å². The molecule has 0 unspecified atom stereocenters. The monoisotopic (exact) mass is 603 g/mol. The van der Waals surface area contributed by atoms with E-state index >= 15 is 0 Å². The van der Waals surface area contributed by atoms with Crippen LogP contribution in [0.15, 0.2) is 41.3 Å². The summed E-state index contributed by atoms with van der Waals surface area (Å²) >= 11 is 0.232. The first-order valence-corrected chi connectivity index (χ1v) is 17.5. The Morgan fingerprint density at radius 2 is 1.35 bits per heavy atom. The molecule has 194 valence electrons. The number of nitrogens with one attached hydrogen (secondary N) is 2. The molecule has 5 nitrogen and oxygen atoms in total. The third kappa shape index (κ3) is 11.7. The number of hydrogen-bond donors (Lipinski definition) is 3. The van der Waals surface area contributed by atoms with Gasteiger partial charge in [-0.05, 0) is 0 Å². The first kappa shape index (κ1) is 29.3. The van der Waals surface area contributed by atoms with E-state index < -0.39 is 10.1 Å². The molecule has 2 rings (SSSR count). The summed E-state index contributed by atoms with van der Waals surface area (Å²) in [5.41, 5.74) is 0.885. The van der Waals surface area contributed by atoms with Gasteiger partial charge in [0.15, 0.2) is 0 Å². The molecule has 3 N–H and O–H groups in total. The number of benzene rings is 2. The van der Waals surface area contributed by atoms with Gasteiger partial charge in [-0.15, -0.1) is 0 Å². The van der Waals surface area contributed by atoms with Gasteiger partial charge in [0.2, 0.25) is 0 Å². The number of unbranched alkanes of at least 4 members (excludes halogenated alkanes) is 11. The topological polar surface area (TPSA) is 78.4 Å². The van der Waals surface area contributed by atoms with Gasteiger partial charge < -0.3 is 0 Å². The second kappa shape index (κ2) is 17.5. The minimum absolute atomic E-state index is 0.0469. The molecule has 0 saturated carbocycles. The van der Waals surface area contributed by atoms with Crippen molar-refractivity contribution in [1.29, 1.82) is 0 Å². The van der Waals surface area contributed by atoms with Gasteiger partial charge in [0.05, 0.1) is 0 Å². The second-order valence-corrected chi connectivity index (χ2v) is 13.3. The zero-order chi connectivity index (χ0) is 24.5. The van der Waals surface area contributed by atoms with Crippen LogP contribution in [0.2, 0.25) is 0 Å². The van der Waals surface area contributed by atoms with E-state index in [1.807, 2.05) is 18.2 Å². The Morgan fingerprint density at radius 3 is 2.00 bits per heavy atom. The fraction of sp³-hybridized carbons (Fsp3) is 0.630. The molecule has 0 aliphatic heterocycles. The summed E-state index contributed by atoms with van der Waals surface area (Å²) in [6.07, 6.45) is 16.9. The molecular weight excluding hydrogens is 559 g/mol. The Kier molecular flexibility index (Phi) is 15.1. The Morgan fingerprint density at radius 1 is 0.765 bits per heavy atom. The summed E-state index contributed by atoms with van der Waals surface area (Å²) in [6.45, 7) is 3.93. The molecule has 7 heteroatoms. The van der Waals surface area contributed by atoms with Gasteiger partial charge in [-0.25, -0.2) is 0 Å². The van der Waals surface area contributed by atoms with Crippen LogP contribution in [0.4, 0.5) is 5.69 Å². The predicted molar refractivity (Wildman–Crippen MR) is 141 cm³/mol. The Hall–Kier alpha value is -0.900. The Bertz CT molecular complexity index is 921. The van der Waals surface area contributed by atoms with Gasteiger partial charge in [-0.2, -0.15) is 0 Å². The summed E-state index contributed by atoms with van der Waals surface area (Å²) in [6, 6.07) is 10.4. The summed E-state index contributed by atoms with van der Waals surface area (Å²) in [4.78, 5) is -0.0469. The minimum atomic E-state index is -4.24. The van der Waals surface area contributed by atoms with Crippen molar-refractivity contribution in [3.63, 3.8) is 0 Å². The molecule has 2 aromatic rings.